The molecule has 0 aliphatic rings. The summed E-state index contributed by atoms with van der Waals surface area (Å²) in [6, 6.07) is 15.8. The number of carbonyl (C=O) groups excluding carboxylic acids is 2. The van der Waals surface area contributed by atoms with Gasteiger partial charge < -0.3 is 14.2 Å². The quantitative estimate of drug-likeness (QED) is 0.412. The van der Waals surface area contributed by atoms with Gasteiger partial charge in [0, 0.05) is 5.56 Å². The highest BCUT2D eigenvalue weighted by Gasteiger charge is 2.14. The molecule has 0 spiro atoms. The Bertz CT molecular complexity index is 907. The van der Waals surface area contributed by atoms with Crippen molar-refractivity contribution >= 4 is 18.0 Å². The lowest BCUT2D eigenvalue weighted by atomic mass is 10.1. The van der Waals surface area contributed by atoms with Crippen molar-refractivity contribution in [3.63, 3.8) is 0 Å². The first kappa shape index (κ1) is 20.7. The largest absolute Gasteiger partial charge is 0.488 e. The van der Waals surface area contributed by atoms with Crippen LogP contribution in [0, 0.1) is 11.3 Å². The summed E-state index contributed by atoms with van der Waals surface area (Å²) in [5, 5.41) is 9.26. The molecule has 2 aromatic carbocycles. The molecule has 28 heavy (non-hydrogen) atoms. The Morgan fingerprint density at radius 3 is 2.39 bits per heavy atom. The molecular formula is C22H21NO5. The molecular weight excluding hydrogens is 358 g/mol. The Balaban J connectivity index is 2.15. The summed E-state index contributed by atoms with van der Waals surface area (Å²) >= 11 is 0. The van der Waals surface area contributed by atoms with Crippen LogP contribution in [0.5, 0.6) is 5.75 Å². The van der Waals surface area contributed by atoms with E-state index in [0.29, 0.717) is 16.9 Å². The van der Waals surface area contributed by atoms with Crippen LogP contribution in [0.25, 0.3) is 6.08 Å². The number of rotatable bonds is 7. The number of nitriles is 1. The van der Waals surface area contributed by atoms with Crippen molar-refractivity contribution < 1.29 is 23.8 Å². The predicted molar refractivity (Wildman–Crippen MR) is 103 cm³/mol. The molecule has 144 valence electrons. The number of hydrogen-bond donors (Lipinski definition) is 0. The van der Waals surface area contributed by atoms with E-state index in [0.717, 1.165) is 5.56 Å². The van der Waals surface area contributed by atoms with Crippen LogP contribution in [0.1, 0.15) is 35.3 Å². The zero-order valence-electron chi connectivity index (χ0n) is 16.0. The first-order chi connectivity index (χ1) is 13.4. The van der Waals surface area contributed by atoms with Crippen LogP contribution in [0.2, 0.25) is 0 Å². The third-order valence-corrected chi connectivity index (χ3v) is 3.67. The first-order valence-corrected chi connectivity index (χ1v) is 8.66. The van der Waals surface area contributed by atoms with Crippen molar-refractivity contribution in [3.05, 3.63) is 70.8 Å². The molecule has 6 heteroatoms. The van der Waals surface area contributed by atoms with Gasteiger partial charge in [-0.3, -0.25) is 0 Å². The van der Waals surface area contributed by atoms with E-state index in [1.54, 1.807) is 62.4 Å². The zero-order chi connectivity index (χ0) is 20.5. The minimum absolute atomic E-state index is 0.104. The van der Waals surface area contributed by atoms with Gasteiger partial charge in [0.2, 0.25) is 0 Å². The third-order valence-electron chi connectivity index (χ3n) is 3.67. The molecule has 0 radical (unpaired) electrons. The molecule has 2 aromatic rings. The number of carbonyl (C=O) groups is 2. The normalized spacial score (nSPS) is 10.9. The molecule has 0 amide bonds. The molecule has 0 saturated carbocycles. The Morgan fingerprint density at radius 1 is 1.11 bits per heavy atom. The van der Waals surface area contributed by atoms with Gasteiger partial charge in [-0.1, -0.05) is 30.3 Å². The lowest BCUT2D eigenvalue weighted by Gasteiger charge is -2.11. The van der Waals surface area contributed by atoms with Gasteiger partial charge in [-0.15, -0.1) is 0 Å². The molecule has 0 aliphatic heterocycles. The van der Waals surface area contributed by atoms with E-state index < -0.39 is 11.9 Å². The van der Waals surface area contributed by atoms with E-state index in [2.05, 4.69) is 4.74 Å². The van der Waals surface area contributed by atoms with E-state index >= 15 is 0 Å². The summed E-state index contributed by atoms with van der Waals surface area (Å²) in [7, 11) is 1.33. The number of methoxy groups -OCH3 is 1. The van der Waals surface area contributed by atoms with Gasteiger partial charge in [0.25, 0.3) is 0 Å². The molecule has 0 N–H and O–H groups in total. The Hall–Kier alpha value is -3.59. The van der Waals surface area contributed by atoms with Crippen LogP contribution in [0.15, 0.2) is 54.1 Å². The molecule has 0 saturated heterocycles. The fraction of sp³-hybridized carbons (Fsp3) is 0.227. The Labute approximate surface area is 164 Å². The lowest BCUT2D eigenvalue weighted by Crippen LogP contribution is -2.12. The molecule has 0 aromatic heterocycles. The van der Waals surface area contributed by atoms with E-state index in [-0.39, 0.29) is 18.3 Å². The Kier molecular flexibility index (Phi) is 7.35. The van der Waals surface area contributed by atoms with E-state index in [1.807, 2.05) is 6.07 Å². The lowest BCUT2D eigenvalue weighted by molar-refractivity contribution is -0.142. The number of esters is 2. The van der Waals surface area contributed by atoms with Crippen molar-refractivity contribution in [1.82, 2.24) is 0 Å². The molecule has 0 unspecified atom stereocenters. The standard InChI is InChI=1S/C22H21NO5/c1-15(2)28-22(25)19(13-23)12-18-6-4-5-7-20(18)27-14-16-8-10-17(11-9-16)21(24)26-3/h4-12,15H,14H2,1-3H3/b19-12-. The highest BCUT2D eigenvalue weighted by atomic mass is 16.5. The second-order valence-electron chi connectivity index (χ2n) is 6.14. The summed E-state index contributed by atoms with van der Waals surface area (Å²) in [5.74, 6) is -0.560. The van der Waals surface area contributed by atoms with Gasteiger partial charge in [0.1, 0.15) is 24.0 Å². The summed E-state index contributed by atoms with van der Waals surface area (Å²) in [4.78, 5) is 23.5. The molecule has 0 fully saturated rings. The average Bonchev–Trinajstić information content (AvgIpc) is 2.70. The van der Waals surface area contributed by atoms with E-state index in [1.165, 1.54) is 13.2 Å². The second kappa shape index (κ2) is 9.93. The van der Waals surface area contributed by atoms with Crippen molar-refractivity contribution in [3.8, 4) is 11.8 Å². The molecule has 2 rings (SSSR count). The van der Waals surface area contributed by atoms with Crippen LogP contribution >= 0.6 is 0 Å². The zero-order valence-corrected chi connectivity index (χ0v) is 16.0. The van der Waals surface area contributed by atoms with Crippen LogP contribution in [0.4, 0.5) is 0 Å². The highest BCUT2D eigenvalue weighted by Crippen LogP contribution is 2.23. The van der Waals surface area contributed by atoms with Crippen molar-refractivity contribution in [2.75, 3.05) is 7.11 Å². The minimum atomic E-state index is -0.675. The van der Waals surface area contributed by atoms with Gasteiger partial charge in [-0.2, -0.15) is 5.26 Å². The second-order valence-corrected chi connectivity index (χ2v) is 6.14. The molecule has 0 atom stereocenters. The first-order valence-electron chi connectivity index (χ1n) is 8.66. The number of para-hydroxylation sites is 1. The summed E-state index contributed by atoms with van der Waals surface area (Å²) in [5.41, 5.74) is 1.79. The van der Waals surface area contributed by atoms with Gasteiger partial charge in [0.15, 0.2) is 0 Å². The van der Waals surface area contributed by atoms with Crippen LogP contribution in [0.3, 0.4) is 0 Å². The van der Waals surface area contributed by atoms with Crippen molar-refractivity contribution in [1.29, 1.82) is 5.26 Å². The molecule has 0 aliphatic carbocycles. The summed E-state index contributed by atoms with van der Waals surface area (Å²) < 4.78 is 15.6. The van der Waals surface area contributed by atoms with Gasteiger partial charge in [0.05, 0.1) is 18.8 Å². The molecule has 0 heterocycles. The number of benzene rings is 2. The monoisotopic (exact) mass is 379 g/mol. The van der Waals surface area contributed by atoms with Crippen LogP contribution in [-0.4, -0.2) is 25.2 Å². The summed E-state index contributed by atoms with van der Waals surface area (Å²) in [6.45, 7) is 3.69. The van der Waals surface area contributed by atoms with Gasteiger partial charge in [-0.05, 0) is 43.7 Å². The van der Waals surface area contributed by atoms with Crippen molar-refractivity contribution in [2.24, 2.45) is 0 Å². The van der Waals surface area contributed by atoms with Gasteiger partial charge >= 0.3 is 11.9 Å². The maximum Gasteiger partial charge on any atom is 0.349 e. The SMILES string of the molecule is COC(=O)c1ccc(COc2ccccc2/C=C(/C#N)C(=O)OC(C)C)cc1. The Morgan fingerprint density at radius 2 is 1.79 bits per heavy atom. The predicted octanol–water partition coefficient (Wildman–Crippen LogP) is 3.91. The maximum atomic E-state index is 12.0. The highest BCUT2D eigenvalue weighted by molar-refractivity contribution is 5.98. The smallest absolute Gasteiger partial charge is 0.349 e. The van der Waals surface area contributed by atoms with Crippen LogP contribution in [-0.2, 0) is 20.9 Å². The fourth-order valence-electron chi connectivity index (χ4n) is 2.32. The topological polar surface area (TPSA) is 85.6 Å². The van der Waals surface area contributed by atoms with Crippen LogP contribution < -0.4 is 4.74 Å². The number of nitrogens with zero attached hydrogens (tertiary/aromatic N) is 1. The van der Waals surface area contributed by atoms with E-state index in [9.17, 15) is 14.9 Å². The minimum Gasteiger partial charge on any atom is -0.488 e. The van der Waals surface area contributed by atoms with Gasteiger partial charge in [-0.25, -0.2) is 9.59 Å². The molecule has 6 nitrogen and oxygen atoms in total. The summed E-state index contributed by atoms with van der Waals surface area (Å²) in [6.07, 6.45) is 1.13. The third kappa shape index (κ3) is 5.71. The average molecular weight is 379 g/mol. The number of ether oxygens (including phenoxy) is 3. The van der Waals surface area contributed by atoms with E-state index in [4.69, 9.17) is 9.47 Å². The fourth-order valence-corrected chi connectivity index (χ4v) is 2.32. The molecule has 0 bridgehead atoms. The maximum absolute atomic E-state index is 12.0. The number of hydrogen-bond acceptors (Lipinski definition) is 6. The van der Waals surface area contributed by atoms with Crippen molar-refractivity contribution in [2.45, 2.75) is 26.6 Å².